The summed E-state index contributed by atoms with van der Waals surface area (Å²) in [5.74, 6) is 1.38. The molecule has 0 atom stereocenters. The number of hydrogen-bond acceptors (Lipinski definition) is 4. The molecule has 2 N–H and O–H groups in total. The highest BCUT2D eigenvalue weighted by Gasteiger charge is 2.07. The molecule has 0 aromatic heterocycles. The molecule has 0 aliphatic rings. The number of nitrogens with two attached hydrogens (primary N) is 1. The lowest BCUT2D eigenvalue weighted by Gasteiger charge is -2.13. The summed E-state index contributed by atoms with van der Waals surface area (Å²) in [6.45, 7) is 6.48. The normalized spacial score (nSPS) is 10.2. The summed E-state index contributed by atoms with van der Waals surface area (Å²) in [5.41, 5.74) is 6.38. The van der Waals surface area contributed by atoms with Crippen LogP contribution in [0, 0.1) is 0 Å². The van der Waals surface area contributed by atoms with Crippen LogP contribution in [-0.2, 0) is 4.74 Å². The molecule has 0 saturated carbocycles. The van der Waals surface area contributed by atoms with Gasteiger partial charge in [-0.15, -0.1) is 0 Å². The van der Waals surface area contributed by atoms with Gasteiger partial charge in [0.2, 0.25) is 0 Å². The lowest BCUT2D eigenvalue weighted by atomic mass is 10.2. The average Bonchev–Trinajstić information content (AvgIpc) is 2.40. The number of ether oxygens (including phenoxy) is 3. The van der Waals surface area contributed by atoms with Crippen LogP contribution >= 0.6 is 12.2 Å². The fraction of sp³-hybridized carbons (Fsp3) is 0.500. The van der Waals surface area contributed by atoms with E-state index >= 15 is 0 Å². The molecule has 5 heteroatoms. The second-order valence-electron chi connectivity index (χ2n) is 3.86. The molecule has 1 aromatic carbocycles. The molecule has 0 spiro atoms. The summed E-state index contributed by atoms with van der Waals surface area (Å²) in [6.07, 6.45) is 0.844. The maximum Gasteiger partial charge on any atom is 0.161 e. The third kappa shape index (κ3) is 5.44. The van der Waals surface area contributed by atoms with Gasteiger partial charge in [0.15, 0.2) is 11.5 Å². The van der Waals surface area contributed by atoms with Gasteiger partial charge in [-0.1, -0.05) is 12.2 Å². The van der Waals surface area contributed by atoms with Gasteiger partial charge in [-0.05, 0) is 32.0 Å². The number of hydrogen-bond donors (Lipinski definition) is 1. The molecule has 1 aromatic rings. The molecule has 19 heavy (non-hydrogen) atoms. The van der Waals surface area contributed by atoms with Crippen LogP contribution in [0.4, 0.5) is 0 Å². The monoisotopic (exact) mass is 283 g/mol. The first-order chi connectivity index (χ1) is 9.19. The molecule has 0 aliphatic carbocycles. The number of rotatable bonds is 9. The van der Waals surface area contributed by atoms with Crippen molar-refractivity contribution in [2.75, 3.05) is 26.4 Å². The van der Waals surface area contributed by atoms with Crippen LogP contribution in [0.3, 0.4) is 0 Å². The average molecular weight is 283 g/mol. The summed E-state index contributed by atoms with van der Waals surface area (Å²) in [5, 5.41) is 0. The van der Waals surface area contributed by atoms with E-state index in [1.165, 1.54) is 0 Å². The third-order valence-corrected chi connectivity index (χ3v) is 2.66. The summed E-state index contributed by atoms with van der Waals surface area (Å²) in [7, 11) is 0. The van der Waals surface area contributed by atoms with Gasteiger partial charge in [0.1, 0.15) is 4.99 Å². The summed E-state index contributed by atoms with van der Waals surface area (Å²) in [4.78, 5) is 0.351. The molecule has 0 saturated heterocycles. The van der Waals surface area contributed by atoms with Gasteiger partial charge in [-0.2, -0.15) is 0 Å². The lowest BCUT2D eigenvalue weighted by Crippen LogP contribution is -2.10. The van der Waals surface area contributed by atoms with Gasteiger partial charge in [0.25, 0.3) is 0 Å². The fourth-order valence-corrected chi connectivity index (χ4v) is 1.66. The van der Waals surface area contributed by atoms with Crippen LogP contribution in [0.25, 0.3) is 0 Å². The number of thiocarbonyl (C=S) groups is 1. The van der Waals surface area contributed by atoms with Gasteiger partial charge < -0.3 is 19.9 Å². The van der Waals surface area contributed by atoms with E-state index in [1.54, 1.807) is 0 Å². The van der Waals surface area contributed by atoms with Gasteiger partial charge in [-0.3, -0.25) is 0 Å². The molecule has 1 rings (SSSR count). The Kier molecular flexibility index (Phi) is 7.22. The molecule has 0 amide bonds. The molecule has 106 valence electrons. The Bertz CT molecular complexity index is 410. The first-order valence-corrected chi connectivity index (χ1v) is 6.87. The second kappa shape index (κ2) is 8.72. The molecule has 0 aliphatic heterocycles. The van der Waals surface area contributed by atoms with E-state index in [0.717, 1.165) is 18.6 Å². The Balaban J connectivity index is 2.62. The van der Waals surface area contributed by atoms with Crippen molar-refractivity contribution in [2.45, 2.75) is 20.3 Å². The standard InChI is InChI=1S/C14H21NO3S/c1-3-16-8-5-9-18-12-7-6-11(14(15)19)10-13(12)17-4-2/h6-7,10H,3-5,8-9H2,1-2H3,(H2,15,19). The zero-order chi connectivity index (χ0) is 14.1. The van der Waals surface area contributed by atoms with Crippen molar-refractivity contribution in [1.29, 1.82) is 0 Å². The Morgan fingerprint density at radius 3 is 2.53 bits per heavy atom. The van der Waals surface area contributed by atoms with E-state index in [1.807, 2.05) is 32.0 Å². The highest BCUT2D eigenvalue weighted by molar-refractivity contribution is 7.80. The van der Waals surface area contributed by atoms with Crippen molar-refractivity contribution in [3.8, 4) is 11.5 Å². The summed E-state index contributed by atoms with van der Waals surface area (Å²) < 4.78 is 16.5. The van der Waals surface area contributed by atoms with E-state index in [2.05, 4.69) is 0 Å². The summed E-state index contributed by atoms with van der Waals surface area (Å²) >= 11 is 4.95. The smallest absolute Gasteiger partial charge is 0.161 e. The van der Waals surface area contributed by atoms with Crippen molar-refractivity contribution in [2.24, 2.45) is 5.73 Å². The predicted molar refractivity (Wildman–Crippen MR) is 80.1 cm³/mol. The van der Waals surface area contributed by atoms with Crippen molar-refractivity contribution < 1.29 is 14.2 Å². The molecule has 0 radical (unpaired) electrons. The van der Waals surface area contributed by atoms with Crippen LogP contribution in [-0.4, -0.2) is 31.4 Å². The summed E-state index contributed by atoms with van der Waals surface area (Å²) in [6, 6.07) is 5.48. The van der Waals surface area contributed by atoms with Crippen molar-refractivity contribution in [3.05, 3.63) is 23.8 Å². The predicted octanol–water partition coefficient (Wildman–Crippen LogP) is 2.52. The molecule has 4 nitrogen and oxygen atoms in total. The quantitative estimate of drug-likeness (QED) is 0.557. The highest BCUT2D eigenvalue weighted by atomic mass is 32.1. The molecule has 0 heterocycles. The molecule has 0 bridgehead atoms. The van der Waals surface area contributed by atoms with Gasteiger partial charge >= 0.3 is 0 Å². The first-order valence-electron chi connectivity index (χ1n) is 6.46. The Labute approximate surface area is 119 Å². The van der Waals surface area contributed by atoms with Gasteiger partial charge in [0.05, 0.1) is 13.2 Å². The Hall–Kier alpha value is -1.33. The van der Waals surface area contributed by atoms with E-state index in [4.69, 9.17) is 32.2 Å². The van der Waals surface area contributed by atoms with E-state index in [0.29, 0.717) is 36.3 Å². The topological polar surface area (TPSA) is 53.7 Å². The van der Waals surface area contributed by atoms with Gasteiger partial charge in [0, 0.05) is 25.2 Å². The maximum absolute atomic E-state index is 5.68. The first kappa shape index (κ1) is 15.7. The largest absolute Gasteiger partial charge is 0.490 e. The molecule has 0 unspecified atom stereocenters. The Morgan fingerprint density at radius 1 is 1.11 bits per heavy atom. The Morgan fingerprint density at radius 2 is 1.89 bits per heavy atom. The molecular formula is C14H21NO3S. The van der Waals surface area contributed by atoms with E-state index in [9.17, 15) is 0 Å². The van der Waals surface area contributed by atoms with E-state index < -0.39 is 0 Å². The minimum Gasteiger partial charge on any atom is -0.490 e. The minimum atomic E-state index is 0.351. The zero-order valence-electron chi connectivity index (χ0n) is 11.5. The van der Waals surface area contributed by atoms with Crippen molar-refractivity contribution >= 4 is 17.2 Å². The molecular weight excluding hydrogens is 262 g/mol. The second-order valence-corrected chi connectivity index (χ2v) is 4.30. The van der Waals surface area contributed by atoms with Crippen LogP contribution in [0.1, 0.15) is 25.8 Å². The SMILES string of the molecule is CCOCCCOc1ccc(C(N)=S)cc1OCC. The van der Waals surface area contributed by atoms with Crippen molar-refractivity contribution in [1.82, 2.24) is 0 Å². The van der Waals surface area contributed by atoms with Crippen LogP contribution in [0.15, 0.2) is 18.2 Å². The maximum atomic E-state index is 5.68. The molecule has 0 fully saturated rings. The van der Waals surface area contributed by atoms with Gasteiger partial charge in [-0.25, -0.2) is 0 Å². The zero-order valence-corrected chi connectivity index (χ0v) is 12.3. The van der Waals surface area contributed by atoms with Crippen molar-refractivity contribution in [3.63, 3.8) is 0 Å². The van der Waals surface area contributed by atoms with Crippen LogP contribution < -0.4 is 15.2 Å². The number of benzene rings is 1. The van der Waals surface area contributed by atoms with E-state index in [-0.39, 0.29) is 0 Å². The highest BCUT2D eigenvalue weighted by Crippen LogP contribution is 2.28. The third-order valence-electron chi connectivity index (χ3n) is 2.42. The van der Waals surface area contributed by atoms with Crippen LogP contribution in [0.5, 0.6) is 11.5 Å². The van der Waals surface area contributed by atoms with Crippen LogP contribution in [0.2, 0.25) is 0 Å². The fourth-order valence-electron chi connectivity index (χ4n) is 1.54. The minimum absolute atomic E-state index is 0.351. The lowest BCUT2D eigenvalue weighted by molar-refractivity contribution is 0.130.